The molecule has 0 saturated carbocycles. The number of rotatable bonds is 3. The summed E-state index contributed by atoms with van der Waals surface area (Å²) in [5.74, 6) is -0.152. The van der Waals surface area contributed by atoms with Gasteiger partial charge in [0.1, 0.15) is 5.82 Å². The summed E-state index contributed by atoms with van der Waals surface area (Å²) >= 11 is 7.59. The Morgan fingerprint density at radius 1 is 1.15 bits per heavy atom. The Morgan fingerprint density at radius 3 is 2.55 bits per heavy atom. The molecule has 1 atom stereocenters. The molecule has 1 aliphatic heterocycles. The minimum atomic E-state index is -0.152. The van der Waals surface area contributed by atoms with Crippen LogP contribution in [0.5, 0.6) is 0 Å². The van der Waals surface area contributed by atoms with E-state index in [1.54, 1.807) is 6.07 Å². The zero-order chi connectivity index (χ0) is 13.9. The van der Waals surface area contributed by atoms with Gasteiger partial charge in [-0.3, -0.25) is 4.90 Å². The molecular weight excluding hydrogens is 295 g/mol. The van der Waals surface area contributed by atoms with E-state index in [0.717, 1.165) is 41.0 Å². The van der Waals surface area contributed by atoms with Gasteiger partial charge in [0.05, 0.1) is 10.4 Å². The topological polar surface area (TPSA) is 15.3 Å². The molecule has 2 heterocycles. The van der Waals surface area contributed by atoms with Crippen LogP contribution in [-0.4, -0.2) is 31.1 Å². The number of hydrogen-bond donors (Lipinski definition) is 1. The molecule has 2 nitrogen and oxygen atoms in total. The molecular formula is C15H16ClFN2S. The number of nitrogens with one attached hydrogen (secondary N) is 1. The lowest BCUT2D eigenvalue weighted by molar-refractivity contribution is 0.197. The number of thiophene rings is 1. The summed E-state index contributed by atoms with van der Waals surface area (Å²) < 4.78 is 15.0. The van der Waals surface area contributed by atoms with Crippen molar-refractivity contribution < 1.29 is 4.39 Å². The van der Waals surface area contributed by atoms with Gasteiger partial charge in [-0.05, 0) is 18.2 Å². The van der Waals surface area contributed by atoms with Crippen LogP contribution >= 0.6 is 22.9 Å². The lowest BCUT2D eigenvalue weighted by atomic mass is 10.0. The van der Waals surface area contributed by atoms with Crippen LogP contribution in [0.1, 0.15) is 16.5 Å². The van der Waals surface area contributed by atoms with Gasteiger partial charge in [-0.2, -0.15) is 0 Å². The molecule has 1 N–H and O–H groups in total. The Bertz CT molecular complexity index is 581. The first-order valence-electron chi connectivity index (χ1n) is 6.70. The van der Waals surface area contributed by atoms with E-state index in [-0.39, 0.29) is 11.9 Å². The SMILES string of the molecule is Fc1ccccc1C(c1ccc(Cl)s1)N1CCNCC1. The van der Waals surface area contributed by atoms with Gasteiger partial charge in [0, 0.05) is 36.6 Å². The van der Waals surface area contributed by atoms with Crippen molar-refractivity contribution >= 4 is 22.9 Å². The predicted octanol–water partition coefficient (Wildman–Crippen LogP) is 3.54. The molecule has 0 aliphatic carbocycles. The summed E-state index contributed by atoms with van der Waals surface area (Å²) in [7, 11) is 0. The van der Waals surface area contributed by atoms with Gasteiger partial charge in [-0.1, -0.05) is 29.8 Å². The van der Waals surface area contributed by atoms with E-state index in [2.05, 4.69) is 10.2 Å². The summed E-state index contributed by atoms with van der Waals surface area (Å²) in [5, 5.41) is 3.33. The van der Waals surface area contributed by atoms with E-state index in [0.29, 0.717) is 0 Å². The summed E-state index contributed by atoms with van der Waals surface area (Å²) in [6.07, 6.45) is 0. The minimum Gasteiger partial charge on any atom is -0.314 e. The lowest BCUT2D eigenvalue weighted by Gasteiger charge is -2.34. The van der Waals surface area contributed by atoms with Crippen LogP contribution in [0.2, 0.25) is 4.34 Å². The summed E-state index contributed by atoms with van der Waals surface area (Å²) in [6, 6.07) is 10.9. The van der Waals surface area contributed by atoms with Crippen LogP contribution < -0.4 is 5.32 Å². The highest BCUT2D eigenvalue weighted by atomic mass is 35.5. The van der Waals surface area contributed by atoms with Gasteiger partial charge in [0.2, 0.25) is 0 Å². The molecule has 2 aromatic rings. The molecule has 0 bridgehead atoms. The smallest absolute Gasteiger partial charge is 0.128 e. The van der Waals surface area contributed by atoms with Crippen molar-refractivity contribution in [1.29, 1.82) is 0 Å². The third-order valence-corrected chi connectivity index (χ3v) is 4.86. The van der Waals surface area contributed by atoms with Gasteiger partial charge in [-0.15, -0.1) is 11.3 Å². The first-order valence-corrected chi connectivity index (χ1v) is 7.89. The molecule has 0 amide bonds. The average molecular weight is 311 g/mol. The standard InChI is InChI=1S/C15H16ClFN2S/c16-14-6-5-13(20-14)15(19-9-7-18-8-10-19)11-3-1-2-4-12(11)17/h1-6,15,18H,7-10H2. The maximum absolute atomic E-state index is 14.2. The quantitative estimate of drug-likeness (QED) is 0.933. The number of halogens is 2. The fourth-order valence-electron chi connectivity index (χ4n) is 2.64. The minimum absolute atomic E-state index is 0.0456. The van der Waals surface area contributed by atoms with Gasteiger partial charge in [0.25, 0.3) is 0 Å². The van der Waals surface area contributed by atoms with Crippen LogP contribution in [0.15, 0.2) is 36.4 Å². The molecule has 1 saturated heterocycles. The van der Waals surface area contributed by atoms with Crippen molar-refractivity contribution in [3.63, 3.8) is 0 Å². The maximum Gasteiger partial charge on any atom is 0.128 e. The van der Waals surface area contributed by atoms with Crippen molar-refractivity contribution in [1.82, 2.24) is 10.2 Å². The monoisotopic (exact) mass is 310 g/mol. The van der Waals surface area contributed by atoms with E-state index in [4.69, 9.17) is 11.6 Å². The summed E-state index contributed by atoms with van der Waals surface area (Å²) in [5.41, 5.74) is 0.730. The average Bonchev–Trinajstić information content (AvgIpc) is 2.89. The van der Waals surface area contributed by atoms with Crippen molar-refractivity contribution in [2.75, 3.05) is 26.2 Å². The van der Waals surface area contributed by atoms with Crippen LogP contribution in [0.4, 0.5) is 4.39 Å². The zero-order valence-electron chi connectivity index (χ0n) is 11.0. The number of hydrogen-bond acceptors (Lipinski definition) is 3. The molecule has 3 rings (SSSR count). The normalized spacial score (nSPS) is 18.1. The Kier molecular flexibility index (Phi) is 4.36. The molecule has 1 aliphatic rings. The van der Waals surface area contributed by atoms with Gasteiger partial charge in [-0.25, -0.2) is 4.39 Å². The molecule has 0 spiro atoms. The molecule has 1 fully saturated rings. The largest absolute Gasteiger partial charge is 0.314 e. The third-order valence-electron chi connectivity index (χ3n) is 3.58. The van der Waals surface area contributed by atoms with Crippen molar-refractivity contribution in [2.24, 2.45) is 0 Å². The van der Waals surface area contributed by atoms with Crippen molar-refractivity contribution in [3.05, 3.63) is 57.0 Å². The first-order chi connectivity index (χ1) is 9.75. The van der Waals surface area contributed by atoms with E-state index in [9.17, 15) is 4.39 Å². The van der Waals surface area contributed by atoms with Crippen molar-refractivity contribution in [3.8, 4) is 0 Å². The Labute approximate surface area is 127 Å². The second kappa shape index (κ2) is 6.22. The number of nitrogens with zero attached hydrogens (tertiary/aromatic N) is 1. The fraction of sp³-hybridized carbons (Fsp3) is 0.333. The van der Waals surface area contributed by atoms with Gasteiger partial charge in [0.15, 0.2) is 0 Å². The Hall–Kier alpha value is -0.940. The predicted molar refractivity (Wildman–Crippen MR) is 82.0 cm³/mol. The van der Waals surface area contributed by atoms with Gasteiger partial charge < -0.3 is 5.32 Å². The zero-order valence-corrected chi connectivity index (χ0v) is 12.6. The summed E-state index contributed by atoms with van der Waals surface area (Å²) in [6.45, 7) is 3.69. The Morgan fingerprint density at radius 2 is 1.90 bits per heavy atom. The van der Waals surface area contributed by atoms with E-state index < -0.39 is 0 Å². The maximum atomic E-state index is 14.2. The second-order valence-electron chi connectivity index (χ2n) is 4.85. The van der Waals surface area contributed by atoms with Crippen molar-refractivity contribution in [2.45, 2.75) is 6.04 Å². The molecule has 5 heteroatoms. The van der Waals surface area contributed by atoms with E-state index in [1.165, 1.54) is 17.4 Å². The van der Waals surface area contributed by atoms with Crippen LogP contribution in [-0.2, 0) is 0 Å². The molecule has 20 heavy (non-hydrogen) atoms. The molecule has 1 aromatic heterocycles. The highest BCUT2D eigenvalue weighted by Gasteiger charge is 2.27. The molecule has 1 unspecified atom stereocenters. The second-order valence-corrected chi connectivity index (χ2v) is 6.60. The highest BCUT2D eigenvalue weighted by Crippen LogP contribution is 2.36. The Balaban J connectivity index is 2.01. The number of piperazine rings is 1. The molecule has 106 valence electrons. The molecule has 1 aromatic carbocycles. The van der Waals surface area contributed by atoms with Crippen LogP contribution in [0, 0.1) is 5.82 Å². The summed E-state index contributed by atoms with van der Waals surface area (Å²) in [4.78, 5) is 3.42. The molecule has 0 radical (unpaired) electrons. The van der Waals surface area contributed by atoms with Crippen LogP contribution in [0.3, 0.4) is 0 Å². The third kappa shape index (κ3) is 2.88. The lowest BCUT2D eigenvalue weighted by Crippen LogP contribution is -2.45. The fourth-order valence-corrected chi connectivity index (χ4v) is 3.86. The number of benzene rings is 1. The van der Waals surface area contributed by atoms with E-state index >= 15 is 0 Å². The van der Waals surface area contributed by atoms with E-state index in [1.807, 2.05) is 24.3 Å². The highest BCUT2D eigenvalue weighted by molar-refractivity contribution is 7.16. The van der Waals surface area contributed by atoms with Crippen LogP contribution in [0.25, 0.3) is 0 Å². The van der Waals surface area contributed by atoms with Gasteiger partial charge >= 0.3 is 0 Å². The first kappa shape index (κ1) is 14.0.